The number of aryl methyl sites for hydroxylation is 1. The van der Waals surface area contributed by atoms with E-state index in [0.717, 1.165) is 66.8 Å². The Morgan fingerprint density at radius 1 is 0.938 bits per heavy atom. The smallest absolute Gasteiger partial charge is 0.257 e. The molecular weight excluding hydrogens is 406 g/mol. The molecule has 170 valence electrons. The number of aromatic nitrogens is 2. The SMILES string of the molecule is CCc1noc(-c2ccc(CCNC(=NC)NCCc3ccc(OC)c(OC)c3)cc2)n1. The molecular formula is C24H31N5O3. The van der Waals surface area contributed by atoms with Crippen LogP contribution in [0.2, 0.25) is 0 Å². The quantitative estimate of drug-likeness (QED) is 0.371. The van der Waals surface area contributed by atoms with Gasteiger partial charge in [-0.3, -0.25) is 4.99 Å². The molecule has 0 saturated heterocycles. The number of nitrogens with zero attached hydrogens (tertiary/aromatic N) is 3. The van der Waals surface area contributed by atoms with Gasteiger partial charge >= 0.3 is 0 Å². The summed E-state index contributed by atoms with van der Waals surface area (Å²) in [5, 5.41) is 10.6. The van der Waals surface area contributed by atoms with Crippen LogP contribution in [0.3, 0.4) is 0 Å². The van der Waals surface area contributed by atoms with Gasteiger partial charge in [0.15, 0.2) is 23.3 Å². The van der Waals surface area contributed by atoms with Crippen LogP contribution in [0.4, 0.5) is 0 Å². The standard InChI is InChI=1S/C24H31N5O3/c1-5-22-28-23(32-29-22)19-9-6-17(7-10-19)12-14-26-24(25-2)27-15-13-18-8-11-20(30-3)21(16-18)31-4/h6-11,16H,5,12-15H2,1-4H3,(H2,25,26,27). The van der Waals surface area contributed by atoms with Gasteiger partial charge in [0.1, 0.15) is 0 Å². The molecule has 1 heterocycles. The molecule has 3 aromatic rings. The van der Waals surface area contributed by atoms with Gasteiger partial charge in [-0.15, -0.1) is 0 Å². The van der Waals surface area contributed by atoms with Gasteiger partial charge in [-0.1, -0.05) is 30.3 Å². The number of benzene rings is 2. The molecule has 0 aliphatic carbocycles. The van der Waals surface area contributed by atoms with Crippen LogP contribution in [0.15, 0.2) is 52.0 Å². The highest BCUT2D eigenvalue weighted by molar-refractivity contribution is 5.79. The van der Waals surface area contributed by atoms with Crippen LogP contribution in [0.1, 0.15) is 23.9 Å². The first-order valence-electron chi connectivity index (χ1n) is 10.7. The number of ether oxygens (including phenoxy) is 2. The maximum absolute atomic E-state index is 5.37. The van der Waals surface area contributed by atoms with Crippen LogP contribution in [0.25, 0.3) is 11.5 Å². The van der Waals surface area contributed by atoms with E-state index in [9.17, 15) is 0 Å². The van der Waals surface area contributed by atoms with Gasteiger partial charge in [0.05, 0.1) is 14.2 Å². The molecule has 0 unspecified atom stereocenters. The Kier molecular flexibility index (Phi) is 8.48. The Hall–Kier alpha value is -3.55. The van der Waals surface area contributed by atoms with E-state index in [0.29, 0.717) is 5.89 Å². The van der Waals surface area contributed by atoms with Crippen molar-refractivity contribution in [2.24, 2.45) is 4.99 Å². The summed E-state index contributed by atoms with van der Waals surface area (Å²) in [5.41, 5.74) is 3.32. The van der Waals surface area contributed by atoms with E-state index in [2.05, 4.69) is 37.9 Å². The number of rotatable bonds is 10. The van der Waals surface area contributed by atoms with Crippen molar-refractivity contribution in [3.8, 4) is 23.0 Å². The van der Waals surface area contributed by atoms with Crippen molar-refractivity contribution in [2.45, 2.75) is 26.2 Å². The third-order valence-electron chi connectivity index (χ3n) is 5.07. The molecule has 8 heteroatoms. The minimum absolute atomic E-state index is 0.561. The van der Waals surface area contributed by atoms with Crippen LogP contribution in [0.5, 0.6) is 11.5 Å². The van der Waals surface area contributed by atoms with E-state index < -0.39 is 0 Å². The molecule has 0 bridgehead atoms. The molecule has 3 rings (SSSR count). The fourth-order valence-electron chi connectivity index (χ4n) is 3.24. The summed E-state index contributed by atoms with van der Waals surface area (Å²) in [6.45, 7) is 3.54. The highest BCUT2D eigenvalue weighted by atomic mass is 16.5. The highest BCUT2D eigenvalue weighted by Crippen LogP contribution is 2.27. The molecule has 0 radical (unpaired) electrons. The monoisotopic (exact) mass is 437 g/mol. The summed E-state index contributed by atoms with van der Waals surface area (Å²) in [6, 6.07) is 14.2. The maximum atomic E-state index is 5.37. The van der Waals surface area contributed by atoms with Crippen molar-refractivity contribution in [1.29, 1.82) is 0 Å². The lowest BCUT2D eigenvalue weighted by molar-refractivity contribution is 0.354. The van der Waals surface area contributed by atoms with Crippen molar-refractivity contribution in [2.75, 3.05) is 34.4 Å². The topological polar surface area (TPSA) is 93.8 Å². The molecule has 0 saturated carbocycles. The number of hydrogen-bond acceptors (Lipinski definition) is 6. The second-order valence-electron chi connectivity index (χ2n) is 7.18. The number of hydrogen-bond donors (Lipinski definition) is 2. The largest absolute Gasteiger partial charge is 0.493 e. The zero-order valence-corrected chi connectivity index (χ0v) is 19.1. The summed E-state index contributed by atoms with van der Waals surface area (Å²) < 4.78 is 15.9. The van der Waals surface area contributed by atoms with Gasteiger partial charge in [0, 0.05) is 32.1 Å². The fourth-order valence-corrected chi connectivity index (χ4v) is 3.24. The summed E-state index contributed by atoms with van der Waals surface area (Å²) in [5.74, 6) is 3.53. The van der Waals surface area contributed by atoms with E-state index in [4.69, 9.17) is 14.0 Å². The highest BCUT2D eigenvalue weighted by Gasteiger charge is 2.08. The minimum atomic E-state index is 0.561. The fraction of sp³-hybridized carbons (Fsp3) is 0.375. The van der Waals surface area contributed by atoms with E-state index in [-0.39, 0.29) is 0 Å². The summed E-state index contributed by atoms with van der Waals surface area (Å²) in [4.78, 5) is 8.66. The maximum Gasteiger partial charge on any atom is 0.257 e. The molecule has 1 aromatic heterocycles. The number of guanidine groups is 1. The van der Waals surface area contributed by atoms with Crippen molar-refractivity contribution in [3.63, 3.8) is 0 Å². The second-order valence-corrected chi connectivity index (χ2v) is 7.18. The summed E-state index contributed by atoms with van der Waals surface area (Å²) in [7, 11) is 5.06. The first kappa shape index (κ1) is 23.1. The van der Waals surface area contributed by atoms with Crippen LogP contribution in [-0.2, 0) is 19.3 Å². The van der Waals surface area contributed by atoms with Gasteiger partial charge < -0.3 is 24.6 Å². The lowest BCUT2D eigenvalue weighted by atomic mass is 10.1. The normalized spacial score (nSPS) is 11.3. The van der Waals surface area contributed by atoms with E-state index >= 15 is 0 Å². The predicted octanol–water partition coefficient (Wildman–Crippen LogP) is 3.27. The predicted molar refractivity (Wildman–Crippen MR) is 125 cm³/mol. The van der Waals surface area contributed by atoms with Gasteiger partial charge in [0.25, 0.3) is 5.89 Å². The van der Waals surface area contributed by atoms with Crippen molar-refractivity contribution >= 4 is 5.96 Å². The Labute approximate surface area is 189 Å². The van der Waals surface area contributed by atoms with E-state index in [1.165, 1.54) is 5.56 Å². The Balaban J connectivity index is 1.42. The zero-order valence-electron chi connectivity index (χ0n) is 19.1. The van der Waals surface area contributed by atoms with E-state index in [1.807, 2.05) is 37.3 Å². The molecule has 8 nitrogen and oxygen atoms in total. The molecule has 0 spiro atoms. The molecule has 0 amide bonds. The first-order chi connectivity index (χ1) is 15.7. The van der Waals surface area contributed by atoms with Gasteiger partial charge in [0.2, 0.25) is 0 Å². The Morgan fingerprint density at radius 2 is 1.59 bits per heavy atom. The Morgan fingerprint density at radius 3 is 2.19 bits per heavy atom. The average molecular weight is 438 g/mol. The van der Waals surface area contributed by atoms with E-state index in [1.54, 1.807) is 21.3 Å². The molecule has 0 aliphatic rings. The lowest BCUT2D eigenvalue weighted by Gasteiger charge is -2.13. The first-order valence-corrected chi connectivity index (χ1v) is 10.7. The van der Waals surface area contributed by atoms with Gasteiger partial charge in [-0.05, 0) is 48.2 Å². The third kappa shape index (κ3) is 6.23. The van der Waals surface area contributed by atoms with Crippen LogP contribution in [0, 0.1) is 0 Å². The lowest BCUT2D eigenvalue weighted by Crippen LogP contribution is -2.39. The zero-order chi connectivity index (χ0) is 22.8. The van der Waals surface area contributed by atoms with Crippen LogP contribution in [-0.4, -0.2) is 50.5 Å². The van der Waals surface area contributed by atoms with Crippen molar-refractivity contribution in [3.05, 3.63) is 59.4 Å². The molecule has 0 atom stereocenters. The van der Waals surface area contributed by atoms with Gasteiger partial charge in [-0.25, -0.2) is 0 Å². The minimum Gasteiger partial charge on any atom is -0.493 e. The Bertz CT molecular complexity index is 1010. The van der Waals surface area contributed by atoms with Crippen molar-refractivity contribution < 1.29 is 14.0 Å². The second kappa shape index (κ2) is 11.7. The molecule has 0 aliphatic heterocycles. The number of nitrogens with one attached hydrogen (secondary N) is 2. The van der Waals surface area contributed by atoms with Crippen molar-refractivity contribution in [1.82, 2.24) is 20.8 Å². The third-order valence-corrected chi connectivity index (χ3v) is 5.07. The average Bonchev–Trinajstić information content (AvgIpc) is 3.32. The van der Waals surface area contributed by atoms with Crippen LogP contribution < -0.4 is 20.1 Å². The molecule has 2 aromatic carbocycles. The van der Waals surface area contributed by atoms with Crippen LogP contribution >= 0.6 is 0 Å². The number of methoxy groups -OCH3 is 2. The number of aliphatic imine (C=N–C) groups is 1. The van der Waals surface area contributed by atoms with Gasteiger partial charge in [-0.2, -0.15) is 4.98 Å². The molecule has 2 N–H and O–H groups in total. The summed E-state index contributed by atoms with van der Waals surface area (Å²) >= 11 is 0. The molecule has 32 heavy (non-hydrogen) atoms. The molecule has 0 fully saturated rings. The summed E-state index contributed by atoms with van der Waals surface area (Å²) in [6.07, 6.45) is 2.48.